The molecule has 2 aliphatic rings. The summed E-state index contributed by atoms with van der Waals surface area (Å²) in [5.41, 5.74) is 1.19. The molecule has 1 saturated carbocycles. The van der Waals surface area contributed by atoms with Crippen molar-refractivity contribution in [3.8, 4) is 11.5 Å². The minimum atomic E-state index is -3.61. The Bertz CT molecular complexity index is 1430. The van der Waals surface area contributed by atoms with Crippen LogP contribution in [0.25, 0.3) is 10.2 Å². The van der Waals surface area contributed by atoms with Crippen molar-refractivity contribution in [1.29, 1.82) is 0 Å². The fraction of sp³-hybridized carbons (Fsp3) is 0.333. The van der Waals surface area contributed by atoms with Crippen molar-refractivity contribution in [2.75, 3.05) is 13.8 Å². The van der Waals surface area contributed by atoms with E-state index in [2.05, 4.69) is 11.6 Å². The van der Waals surface area contributed by atoms with E-state index in [-0.39, 0.29) is 17.7 Å². The third-order valence-electron chi connectivity index (χ3n) is 6.30. The lowest BCUT2D eigenvalue weighted by Gasteiger charge is -2.23. The molecule has 1 aliphatic heterocycles. The van der Waals surface area contributed by atoms with Crippen LogP contribution in [-0.4, -0.2) is 43.1 Å². The molecule has 8 nitrogen and oxygen atoms in total. The summed E-state index contributed by atoms with van der Waals surface area (Å²) in [7, 11) is -1.98. The van der Waals surface area contributed by atoms with Gasteiger partial charge in [-0.1, -0.05) is 30.3 Å². The van der Waals surface area contributed by atoms with Gasteiger partial charge in [-0.15, -0.1) is 6.58 Å². The molecular weight excluding hydrogens is 474 g/mol. The summed E-state index contributed by atoms with van der Waals surface area (Å²) in [6, 6.07) is 9.78. The highest BCUT2D eigenvalue weighted by atomic mass is 32.2. The summed E-state index contributed by atoms with van der Waals surface area (Å²) < 4.78 is 41.2. The van der Waals surface area contributed by atoms with Crippen LogP contribution in [0.15, 0.2) is 58.9 Å². The first-order valence-electron chi connectivity index (χ1n) is 11.1. The first-order chi connectivity index (χ1) is 16.4. The fourth-order valence-corrected chi connectivity index (χ4v) is 6.87. The average Bonchev–Trinajstić information content (AvgIpc) is 3.58. The molecule has 0 atom stereocenters. The van der Waals surface area contributed by atoms with Crippen LogP contribution in [-0.2, 0) is 16.6 Å². The van der Waals surface area contributed by atoms with Crippen LogP contribution in [0.2, 0.25) is 0 Å². The van der Waals surface area contributed by atoms with Gasteiger partial charge in [0.05, 0.1) is 15.1 Å². The summed E-state index contributed by atoms with van der Waals surface area (Å²) in [5.74, 6) is 0.870. The van der Waals surface area contributed by atoms with E-state index in [1.165, 1.54) is 39.9 Å². The molecule has 2 heterocycles. The number of amides is 1. The van der Waals surface area contributed by atoms with Crippen molar-refractivity contribution in [2.45, 2.75) is 43.2 Å². The highest BCUT2D eigenvalue weighted by Gasteiger charge is 2.30. The van der Waals surface area contributed by atoms with E-state index in [0.29, 0.717) is 28.4 Å². The van der Waals surface area contributed by atoms with E-state index in [1.807, 2.05) is 16.7 Å². The molecule has 3 aromatic rings. The lowest BCUT2D eigenvalue weighted by atomic mass is 10.2. The highest BCUT2D eigenvalue weighted by molar-refractivity contribution is 7.89. The van der Waals surface area contributed by atoms with Gasteiger partial charge in [-0.05, 0) is 37.1 Å². The molecule has 1 fully saturated rings. The smallest absolute Gasteiger partial charge is 0.279 e. The monoisotopic (exact) mass is 499 g/mol. The zero-order chi connectivity index (χ0) is 23.9. The number of hydrogen-bond acceptors (Lipinski definition) is 6. The first-order valence-corrected chi connectivity index (χ1v) is 13.3. The summed E-state index contributed by atoms with van der Waals surface area (Å²) in [4.78, 5) is 18.0. The summed E-state index contributed by atoms with van der Waals surface area (Å²) >= 11 is 1.37. The molecule has 0 spiro atoms. The zero-order valence-corrected chi connectivity index (χ0v) is 20.4. The number of carbonyl (C=O) groups is 1. The predicted molar refractivity (Wildman–Crippen MR) is 130 cm³/mol. The van der Waals surface area contributed by atoms with Gasteiger partial charge in [-0.25, -0.2) is 8.42 Å². The molecular formula is C24H25N3O5S2. The molecule has 0 radical (unpaired) electrons. The van der Waals surface area contributed by atoms with E-state index in [4.69, 9.17) is 9.47 Å². The number of fused-ring (bicyclic) bond motifs is 2. The Morgan fingerprint density at radius 1 is 1.21 bits per heavy atom. The largest absolute Gasteiger partial charge is 0.454 e. The Balaban J connectivity index is 1.45. The van der Waals surface area contributed by atoms with Crippen molar-refractivity contribution in [2.24, 2.45) is 4.99 Å². The van der Waals surface area contributed by atoms with Crippen molar-refractivity contribution < 1.29 is 22.7 Å². The van der Waals surface area contributed by atoms with Crippen LogP contribution >= 0.6 is 11.3 Å². The maximum atomic E-state index is 13.0. The summed E-state index contributed by atoms with van der Waals surface area (Å²) in [5, 5.41) is 0. The standard InChI is InChI=1S/C24H25N3O5S2/c1-3-12-27-19-13-20-21(32-15-31-20)14-22(19)33-24(27)25-23(28)16-8-10-18(11-9-16)34(29,30)26(2)17-6-4-5-7-17/h3,8-11,13-14,17H,1,4-7,12,15H2,2H3. The van der Waals surface area contributed by atoms with Gasteiger partial charge >= 0.3 is 0 Å². The molecule has 0 bridgehead atoms. The van der Waals surface area contributed by atoms with E-state index >= 15 is 0 Å². The highest BCUT2D eigenvalue weighted by Crippen LogP contribution is 2.37. The van der Waals surface area contributed by atoms with E-state index in [0.717, 1.165) is 35.9 Å². The maximum absolute atomic E-state index is 13.0. The molecule has 34 heavy (non-hydrogen) atoms. The zero-order valence-electron chi connectivity index (χ0n) is 18.8. The van der Waals surface area contributed by atoms with Gasteiger partial charge in [0.25, 0.3) is 5.91 Å². The topological polar surface area (TPSA) is 90.2 Å². The second kappa shape index (κ2) is 9.01. The number of benzene rings is 2. The van der Waals surface area contributed by atoms with E-state index in [1.54, 1.807) is 13.1 Å². The number of rotatable bonds is 6. The van der Waals surface area contributed by atoms with Gasteiger partial charge in [0.1, 0.15) is 0 Å². The molecule has 1 amide bonds. The molecule has 10 heteroatoms. The third kappa shape index (κ3) is 4.06. The number of thiazole rings is 1. The molecule has 1 aliphatic carbocycles. The Hall–Kier alpha value is -2.95. The lowest BCUT2D eigenvalue weighted by molar-refractivity contribution is 0.0997. The van der Waals surface area contributed by atoms with Crippen molar-refractivity contribution in [1.82, 2.24) is 8.87 Å². The quantitative estimate of drug-likeness (QED) is 0.480. The summed E-state index contributed by atoms with van der Waals surface area (Å²) in [6.45, 7) is 4.46. The van der Waals surface area contributed by atoms with E-state index in [9.17, 15) is 13.2 Å². The van der Waals surface area contributed by atoms with Crippen LogP contribution < -0.4 is 14.3 Å². The molecule has 5 rings (SSSR count). The number of aromatic nitrogens is 1. The number of ether oxygens (including phenoxy) is 2. The Kier molecular flexibility index (Phi) is 6.05. The van der Waals surface area contributed by atoms with Crippen LogP contribution in [0.1, 0.15) is 36.0 Å². The molecule has 1 aromatic heterocycles. The number of carbonyl (C=O) groups excluding carboxylic acids is 1. The second-order valence-electron chi connectivity index (χ2n) is 8.36. The van der Waals surface area contributed by atoms with Crippen molar-refractivity contribution in [3.05, 3.63) is 59.4 Å². The Morgan fingerprint density at radius 3 is 2.56 bits per heavy atom. The molecule has 0 N–H and O–H groups in total. The second-order valence-corrected chi connectivity index (χ2v) is 11.4. The van der Waals surface area contributed by atoms with Crippen LogP contribution in [0.5, 0.6) is 11.5 Å². The molecule has 0 saturated heterocycles. The van der Waals surface area contributed by atoms with Gasteiger partial charge in [0.2, 0.25) is 16.8 Å². The number of hydrogen-bond donors (Lipinski definition) is 0. The predicted octanol–water partition coefficient (Wildman–Crippen LogP) is 3.92. The Labute approximate surface area is 201 Å². The summed E-state index contributed by atoms with van der Waals surface area (Å²) in [6.07, 6.45) is 5.59. The van der Waals surface area contributed by atoms with Gasteiger partial charge in [0.15, 0.2) is 16.3 Å². The van der Waals surface area contributed by atoms with Crippen LogP contribution in [0.4, 0.5) is 0 Å². The van der Waals surface area contributed by atoms with Crippen LogP contribution in [0, 0.1) is 0 Å². The van der Waals surface area contributed by atoms with Crippen LogP contribution in [0.3, 0.4) is 0 Å². The maximum Gasteiger partial charge on any atom is 0.279 e. The molecule has 2 aromatic carbocycles. The third-order valence-corrected chi connectivity index (χ3v) is 9.27. The van der Waals surface area contributed by atoms with Gasteiger partial charge < -0.3 is 14.0 Å². The van der Waals surface area contributed by atoms with Gasteiger partial charge in [-0.2, -0.15) is 9.30 Å². The molecule has 178 valence electrons. The minimum absolute atomic E-state index is 0.0340. The lowest BCUT2D eigenvalue weighted by Crippen LogP contribution is -2.35. The average molecular weight is 500 g/mol. The first kappa shape index (κ1) is 22.8. The fourth-order valence-electron chi connectivity index (χ4n) is 4.40. The number of sulfonamides is 1. The Morgan fingerprint density at radius 2 is 1.88 bits per heavy atom. The number of allylic oxidation sites excluding steroid dienone is 1. The number of nitrogens with zero attached hydrogens (tertiary/aromatic N) is 3. The minimum Gasteiger partial charge on any atom is -0.454 e. The SMILES string of the molecule is C=CCn1c(=NC(=O)c2ccc(S(=O)(=O)N(C)C3CCCC3)cc2)sc2cc3c(cc21)OCO3. The van der Waals surface area contributed by atoms with Crippen molar-refractivity contribution >= 4 is 37.5 Å². The van der Waals surface area contributed by atoms with Gasteiger partial charge in [0, 0.05) is 37.3 Å². The van der Waals surface area contributed by atoms with Crippen molar-refractivity contribution in [3.63, 3.8) is 0 Å². The normalized spacial score (nSPS) is 16.6. The molecule has 0 unspecified atom stereocenters. The van der Waals surface area contributed by atoms with Gasteiger partial charge in [-0.3, -0.25) is 4.79 Å². The van der Waals surface area contributed by atoms with E-state index < -0.39 is 15.9 Å².